The maximum absolute atomic E-state index is 12.5. The average Bonchev–Trinajstić information content (AvgIpc) is 3.33. The average molecular weight is 945 g/mol. The molecule has 6 nitrogen and oxygen atoms in total. The predicted octanol–water partition coefficient (Wildman–Crippen LogP) is 18.6. The number of nitrogens with one attached hydrogen (secondary N) is 1. The summed E-state index contributed by atoms with van der Waals surface area (Å²) in [5, 5.41) is 23.2. The summed E-state index contributed by atoms with van der Waals surface area (Å²) in [7, 11) is 0. The molecule has 2 atom stereocenters. The fraction of sp³-hybridized carbons (Fsp3) is 0.902. The lowest BCUT2D eigenvalue weighted by molar-refractivity contribution is -0.143. The Morgan fingerprint density at radius 2 is 0.701 bits per heavy atom. The van der Waals surface area contributed by atoms with Crippen molar-refractivity contribution in [1.82, 2.24) is 5.32 Å². The summed E-state index contributed by atoms with van der Waals surface area (Å²) in [5.74, 6) is -0.0709. The fourth-order valence-corrected chi connectivity index (χ4v) is 9.34. The predicted molar refractivity (Wildman–Crippen MR) is 292 cm³/mol. The molecule has 0 saturated heterocycles. The van der Waals surface area contributed by atoms with Crippen LogP contribution in [0.2, 0.25) is 0 Å². The lowest BCUT2D eigenvalue weighted by Crippen LogP contribution is -2.45. The van der Waals surface area contributed by atoms with Gasteiger partial charge >= 0.3 is 5.97 Å². The minimum atomic E-state index is -0.851. The van der Waals surface area contributed by atoms with Crippen molar-refractivity contribution in [2.45, 2.75) is 341 Å². The molecule has 0 aromatic rings. The number of rotatable bonds is 56. The molecule has 2 unspecified atom stereocenters. The Morgan fingerprint density at radius 3 is 1.06 bits per heavy atom. The van der Waals surface area contributed by atoms with Crippen LogP contribution < -0.4 is 5.32 Å². The van der Waals surface area contributed by atoms with E-state index in [1.165, 1.54) is 250 Å². The second-order valence-electron chi connectivity index (χ2n) is 20.7. The van der Waals surface area contributed by atoms with Crippen molar-refractivity contribution >= 4 is 11.9 Å². The van der Waals surface area contributed by atoms with Crippen LogP contribution in [0.5, 0.6) is 0 Å². The molecule has 0 aromatic heterocycles. The van der Waals surface area contributed by atoms with Crippen LogP contribution in [0.25, 0.3) is 0 Å². The van der Waals surface area contributed by atoms with Crippen LogP contribution in [-0.2, 0) is 14.3 Å². The summed E-state index contributed by atoms with van der Waals surface area (Å²) in [5.41, 5.74) is 0. The van der Waals surface area contributed by atoms with E-state index < -0.39 is 12.1 Å². The zero-order valence-corrected chi connectivity index (χ0v) is 45.1. The van der Waals surface area contributed by atoms with Gasteiger partial charge in [0.15, 0.2) is 0 Å². The van der Waals surface area contributed by atoms with E-state index >= 15 is 0 Å². The third-order valence-electron chi connectivity index (χ3n) is 14.0. The summed E-state index contributed by atoms with van der Waals surface area (Å²) >= 11 is 0. The normalized spacial score (nSPS) is 12.7. The Labute approximate surface area is 418 Å². The first-order valence-corrected chi connectivity index (χ1v) is 30.1. The monoisotopic (exact) mass is 944 g/mol. The van der Waals surface area contributed by atoms with Gasteiger partial charge in [0.05, 0.1) is 25.4 Å². The van der Waals surface area contributed by atoms with Crippen molar-refractivity contribution in [2.75, 3.05) is 13.2 Å². The molecule has 0 rings (SSSR count). The van der Waals surface area contributed by atoms with E-state index in [2.05, 4.69) is 31.3 Å². The topological polar surface area (TPSA) is 95.9 Å². The number of aliphatic hydroxyl groups excluding tert-OH is 2. The Kier molecular flexibility index (Phi) is 55.5. The SMILES string of the molecule is CCCCCCCCCCCCCCCCCCC/C=C/C(O)C(CO)NC(=O)CCCCCCCCC/C=C\CCCCCCCCCCOC(=O)CCCCCCCCCCCCCC. The summed E-state index contributed by atoms with van der Waals surface area (Å²) in [4.78, 5) is 24.5. The number of amides is 1. The summed E-state index contributed by atoms with van der Waals surface area (Å²) < 4.78 is 5.46. The van der Waals surface area contributed by atoms with E-state index in [9.17, 15) is 19.8 Å². The molecule has 0 radical (unpaired) electrons. The van der Waals surface area contributed by atoms with Crippen molar-refractivity contribution < 1.29 is 24.5 Å². The largest absolute Gasteiger partial charge is 0.466 e. The highest BCUT2D eigenvalue weighted by Gasteiger charge is 2.18. The van der Waals surface area contributed by atoms with E-state index in [4.69, 9.17) is 4.74 Å². The molecule has 0 aromatic carbocycles. The molecular formula is C61H117NO5. The number of hydrogen-bond donors (Lipinski definition) is 3. The Hall–Kier alpha value is -1.66. The summed E-state index contributed by atoms with van der Waals surface area (Å²) in [6, 6.07) is -0.635. The molecular weight excluding hydrogens is 827 g/mol. The van der Waals surface area contributed by atoms with Gasteiger partial charge in [0.2, 0.25) is 5.91 Å². The molecule has 0 aliphatic rings. The highest BCUT2D eigenvalue weighted by Crippen LogP contribution is 2.17. The highest BCUT2D eigenvalue weighted by molar-refractivity contribution is 5.76. The zero-order chi connectivity index (χ0) is 48.6. The lowest BCUT2D eigenvalue weighted by atomic mass is 10.0. The van der Waals surface area contributed by atoms with Gasteiger partial charge in [0.1, 0.15) is 0 Å². The van der Waals surface area contributed by atoms with Crippen molar-refractivity contribution in [3.8, 4) is 0 Å². The standard InChI is InChI=1S/C61H117NO5/c1-3-5-7-9-11-13-15-17-18-19-21-24-27-30-33-37-41-45-49-53-59(64)58(57-63)62-60(65)54-50-46-42-38-34-31-28-25-22-20-23-26-29-32-36-40-44-48-52-56-67-61(66)55-51-47-43-39-35-16-14-12-10-8-6-4-2/h20,22,49,53,58-59,63-64H,3-19,21,23-48,50-52,54-57H2,1-2H3,(H,62,65)/b22-20-,53-49+. The number of carbonyl (C=O) groups excluding carboxylic acids is 2. The van der Waals surface area contributed by atoms with Gasteiger partial charge in [-0.1, -0.05) is 282 Å². The van der Waals surface area contributed by atoms with E-state index in [-0.39, 0.29) is 18.5 Å². The molecule has 1 amide bonds. The fourth-order valence-electron chi connectivity index (χ4n) is 9.34. The number of allylic oxidation sites excluding steroid dienone is 3. The second kappa shape index (κ2) is 56.9. The molecule has 6 heteroatoms. The number of carbonyl (C=O) groups is 2. The quantitative estimate of drug-likeness (QED) is 0.0321. The van der Waals surface area contributed by atoms with Gasteiger partial charge in [0, 0.05) is 12.8 Å². The molecule has 0 saturated carbocycles. The first-order chi connectivity index (χ1) is 33.0. The smallest absolute Gasteiger partial charge is 0.305 e. The highest BCUT2D eigenvalue weighted by atomic mass is 16.5. The van der Waals surface area contributed by atoms with E-state index in [1.807, 2.05) is 6.08 Å². The van der Waals surface area contributed by atoms with E-state index in [0.29, 0.717) is 19.4 Å². The number of esters is 1. The Balaban J connectivity index is 3.47. The molecule has 67 heavy (non-hydrogen) atoms. The van der Waals surface area contributed by atoms with E-state index in [0.717, 1.165) is 51.4 Å². The third-order valence-corrected chi connectivity index (χ3v) is 14.0. The maximum Gasteiger partial charge on any atom is 0.305 e. The van der Waals surface area contributed by atoms with Gasteiger partial charge in [-0.15, -0.1) is 0 Å². The molecule has 0 bridgehead atoms. The summed E-state index contributed by atoms with van der Waals surface area (Å²) in [6.45, 7) is 4.91. The molecule has 0 aliphatic carbocycles. The first kappa shape index (κ1) is 65.3. The minimum absolute atomic E-state index is 0.00417. The maximum atomic E-state index is 12.5. The minimum Gasteiger partial charge on any atom is -0.466 e. The van der Waals surface area contributed by atoms with E-state index in [1.54, 1.807) is 6.08 Å². The lowest BCUT2D eigenvalue weighted by Gasteiger charge is -2.20. The van der Waals surface area contributed by atoms with Crippen LogP contribution >= 0.6 is 0 Å². The van der Waals surface area contributed by atoms with Gasteiger partial charge in [-0.25, -0.2) is 0 Å². The molecule has 0 fully saturated rings. The van der Waals surface area contributed by atoms with Crippen molar-refractivity contribution in [2.24, 2.45) is 0 Å². The van der Waals surface area contributed by atoms with Crippen LogP contribution in [0.4, 0.5) is 0 Å². The van der Waals surface area contributed by atoms with Crippen molar-refractivity contribution in [1.29, 1.82) is 0 Å². The molecule has 0 spiro atoms. The first-order valence-electron chi connectivity index (χ1n) is 30.1. The zero-order valence-electron chi connectivity index (χ0n) is 45.1. The van der Waals surface area contributed by atoms with Crippen molar-refractivity contribution in [3.63, 3.8) is 0 Å². The van der Waals surface area contributed by atoms with Gasteiger partial charge < -0.3 is 20.3 Å². The van der Waals surface area contributed by atoms with Crippen LogP contribution in [0, 0.1) is 0 Å². The third kappa shape index (κ3) is 53.5. The van der Waals surface area contributed by atoms with Crippen LogP contribution in [-0.4, -0.2) is 47.4 Å². The number of aliphatic hydroxyl groups is 2. The Bertz CT molecular complexity index is 1040. The van der Waals surface area contributed by atoms with Gasteiger partial charge in [-0.05, 0) is 57.8 Å². The number of ether oxygens (including phenoxy) is 1. The summed E-state index contributed by atoms with van der Waals surface area (Å²) in [6.07, 6.45) is 69.2. The molecule has 3 N–H and O–H groups in total. The molecule has 396 valence electrons. The second-order valence-corrected chi connectivity index (χ2v) is 20.7. The molecule has 0 aliphatic heterocycles. The van der Waals surface area contributed by atoms with Gasteiger partial charge in [0.25, 0.3) is 0 Å². The number of hydrogen-bond acceptors (Lipinski definition) is 5. The van der Waals surface area contributed by atoms with Crippen LogP contribution in [0.15, 0.2) is 24.3 Å². The van der Waals surface area contributed by atoms with Crippen LogP contribution in [0.1, 0.15) is 328 Å². The van der Waals surface area contributed by atoms with Gasteiger partial charge in [-0.3, -0.25) is 9.59 Å². The Morgan fingerprint density at radius 1 is 0.403 bits per heavy atom. The van der Waals surface area contributed by atoms with Gasteiger partial charge in [-0.2, -0.15) is 0 Å². The van der Waals surface area contributed by atoms with Crippen LogP contribution in [0.3, 0.4) is 0 Å². The number of unbranched alkanes of at least 4 members (excludes halogenated alkanes) is 43. The molecule has 0 heterocycles. The van der Waals surface area contributed by atoms with Crippen molar-refractivity contribution in [3.05, 3.63) is 24.3 Å².